The first kappa shape index (κ1) is 37.4. The van der Waals surface area contributed by atoms with Crippen molar-refractivity contribution in [2.45, 2.75) is 151 Å². The lowest BCUT2D eigenvalue weighted by atomic mass is 9.77. The molecule has 0 saturated carbocycles. The lowest BCUT2D eigenvalue weighted by Crippen LogP contribution is -2.57. The first-order chi connectivity index (χ1) is 19.1. The average molecular weight is 583 g/mol. The Morgan fingerprint density at radius 3 is 1.95 bits per heavy atom. The molecule has 1 saturated heterocycles. The van der Waals surface area contributed by atoms with E-state index in [-0.39, 0.29) is 29.7 Å². The van der Waals surface area contributed by atoms with Gasteiger partial charge < -0.3 is 25.2 Å². The predicted octanol–water partition coefficient (Wildman–Crippen LogP) is 6.85. The molecule has 8 heteroatoms. The Labute approximate surface area is 250 Å². The number of carboxylic acid groups (broad SMARTS) is 1. The number of carboxylic acids is 1. The summed E-state index contributed by atoms with van der Waals surface area (Å²) in [6.07, 6.45) is 13.7. The summed E-state index contributed by atoms with van der Waals surface area (Å²) >= 11 is 0. The quantitative estimate of drug-likeness (QED) is 0.135. The molecule has 41 heavy (non-hydrogen) atoms. The zero-order valence-electron chi connectivity index (χ0n) is 27.5. The third kappa shape index (κ3) is 14.9. The number of amides is 2. The molecule has 2 amide bonds. The standard InChI is InChI=1S/C33H62N2O6/c1-9-10-11-12-13-14-15-16-17-18-21-26(31(2,3)4)28(36)34-22-19-20-25(30(38)39)23-35-29(37)27-32(5,6)24-40-33(7,8)41-27/h25-27H,9-24H2,1-8H3,(H,34,36)(H,35,37)(H,38,39). The Balaban J connectivity index is 2.41. The molecule has 8 nitrogen and oxygen atoms in total. The number of carbonyl (C=O) groups is 3. The zero-order chi connectivity index (χ0) is 31.1. The molecule has 1 aliphatic heterocycles. The molecule has 3 N–H and O–H groups in total. The first-order valence-electron chi connectivity index (χ1n) is 16.2. The van der Waals surface area contributed by atoms with Gasteiger partial charge in [-0.05, 0) is 38.5 Å². The second-order valence-corrected chi connectivity index (χ2v) is 14.3. The minimum absolute atomic E-state index is 0.0166. The lowest BCUT2D eigenvalue weighted by molar-refractivity contribution is -0.304. The van der Waals surface area contributed by atoms with Crippen molar-refractivity contribution in [1.29, 1.82) is 0 Å². The Morgan fingerprint density at radius 1 is 0.854 bits per heavy atom. The Hall–Kier alpha value is -1.67. The van der Waals surface area contributed by atoms with Crippen LogP contribution in [0.2, 0.25) is 0 Å². The summed E-state index contributed by atoms with van der Waals surface area (Å²) in [5.41, 5.74) is -0.661. The van der Waals surface area contributed by atoms with Crippen molar-refractivity contribution < 1.29 is 29.0 Å². The van der Waals surface area contributed by atoms with Crippen LogP contribution in [0.5, 0.6) is 0 Å². The van der Waals surface area contributed by atoms with Crippen LogP contribution in [0.3, 0.4) is 0 Å². The molecule has 0 aromatic rings. The van der Waals surface area contributed by atoms with Crippen molar-refractivity contribution in [2.24, 2.45) is 22.7 Å². The van der Waals surface area contributed by atoms with E-state index in [1.807, 2.05) is 13.8 Å². The van der Waals surface area contributed by atoms with Gasteiger partial charge in [-0.1, -0.05) is 106 Å². The van der Waals surface area contributed by atoms with Crippen LogP contribution in [0, 0.1) is 22.7 Å². The highest BCUT2D eigenvalue weighted by molar-refractivity contribution is 5.82. The third-order valence-corrected chi connectivity index (χ3v) is 8.25. The molecule has 0 aromatic heterocycles. The van der Waals surface area contributed by atoms with Crippen molar-refractivity contribution in [3.8, 4) is 0 Å². The highest BCUT2D eigenvalue weighted by atomic mass is 16.7. The van der Waals surface area contributed by atoms with Crippen LogP contribution < -0.4 is 10.6 Å². The number of hydrogen-bond donors (Lipinski definition) is 3. The van der Waals surface area contributed by atoms with Gasteiger partial charge in [0.25, 0.3) is 0 Å². The zero-order valence-corrected chi connectivity index (χ0v) is 27.5. The number of aliphatic carboxylic acids is 1. The predicted molar refractivity (Wildman–Crippen MR) is 164 cm³/mol. The van der Waals surface area contributed by atoms with Gasteiger partial charge in [0.05, 0.1) is 12.5 Å². The van der Waals surface area contributed by atoms with Gasteiger partial charge >= 0.3 is 5.97 Å². The topological polar surface area (TPSA) is 114 Å². The van der Waals surface area contributed by atoms with Gasteiger partial charge in [0, 0.05) is 24.4 Å². The summed E-state index contributed by atoms with van der Waals surface area (Å²) in [7, 11) is 0. The highest BCUT2D eigenvalue weighted by Crippen LogP contribution is 2.35. The Kier molecular flexibility index (Phi) is 16.5. The van der Waals surface area contributed by atoms with Crippen LogP contribution in [0.4, 0.5) is 0 Å². The maximum Gasteiger partial charge on any atom is 0.308 e. The number of hydrogen-bond acceptors (Lipinski definition) is 5. The van der Waals surface area contributed by atoms with Gasteiger partial charge in [-0.25, -0.2) is 0 Å². The molecule has 0 aliphatic carbocycles. The molecule has 0 radical (unpaired) electrons. The number of rotatable bonds is 20. The summed E-state index contributed by atoms with van der Waals surface area (Å²) in [6, 6.07) is 0. The third-order valence-electron chi connectivity index (χ3n) is 8.25. The van der Waals surface area contributed by atoms with Crippen molar-refractivity contribution >= 4 is 17.8 Å². The monoisotopic (exact) mass is 582 g/mol. The van der Waals surface area contributed by atoms with Crippen LogP contribution in [0.25, 0.3) is 0 Å². The van der Waals surface area contributed by atoms with Crippen molar-refractivity contribution in [3.05, 3.63) is 0 Å². The van der Waals surface area contributed by atoms with E-state index in [2.05, 4.69) is 38.3 Å². The number of ether oxygens (including phenoxy) is 2. The first-order valence-corrected chi connectivity index (χ1v) is 16.2. The van der Waals surface area contributed by atoms with Gasteiger partial charge in [0.1, 0.15) is 6.10 Å². The van der Waals surface area contributed by atoms with Gasteiger partial charge in [-0.3, -0.25) is 14.4 Å². The molecule has 1 aliphatic rings. The molecule has 0 spiro atoms. The minimum Gasteiger partial charge on any atom is -0.481 e. The largest absolute Gasteiger partial charge is 0.481 e. The van der Waals surface area contributed by atoms with E-state index in [4.69, 9.17) is 9.47 Å². The van der Waals surface area contributed by atoms with Gasteiger partial charge in [0.2, 0.25) is 11.8 Å². The van der Waals surface area contributed by atoms with Crippen molar-refractivity contribution in [1.82, 2.24) is 10.6 Å². The molecule has 240 valence electrons. The molecule has 1 fully saturated rings. The summed E-state index contributed by atoms with van der Waals surface area (Å²) in [6.45, 7) is 16.7. The van der Waals surface area contributed by atoms with Gasteiger partial charge in [-0.2, -0.15) is 0 Å². The van der Waals surface area contributed by atoms with E-state index < -0.39 is 29.2 Å². The van der Waals surface area contributed by atoms with Crippen LogP contribution in [-0.2, 0) is 23.9 Å². The van der Waals surface area contributed by atoms with Crippen LogP contribution in [-0.4, -0.2) is 54.5 Å². The van der Waals surface area contributed by atoms with Gasteiger partial charge in [-0.15, -0.1) is 0 Å². The molecule has 3 atom stereocenters. The molecule has 1 heterocycles. The molecule has 0 aromatic carbocycles. The highest BCUT2D eigenvalue weighted by Gasteiger charge is 2.45. The van der Waals surface area contributed by atoms with Gasteiger partial charge in [0.15, 0.2) is 5.79 Å². The summed E-state index contributed by atoms with van der Waals surface area (Å²) in [5, 5.41) is 15.6. The van der Waals surface area contributed by atoms with Crippen LogP contribution in [0.15, 0.2) is 0 Å². The van der Waals surface area contributed by atoms with Crippen molar-refractivity contribution in [2.75, 3.05) is 19.7 Å². The fourth-order valence-electron chi connectivity index (χ4n) is 5.43. The SMILES string of the molecule is CCCCCCCCCCCCC(C(=O)NCCCC(CNC(=O)C1OC(C)(C)OCC1(C)C)C(=O)O)C(C)(C)C. The lowest BCUT2D eigenvalue weighted by Gasteiger charge is -2.44. The normalized spacial score (nSPS) is 19.8. The maximum atomic E-state index is 13.1. The van der Waals surface area contributed by atoms with E-state index >= 15 is 0 Å². The number of carbonyl (C=O) groups excluding carboxylic acids is 2. The maximum absolute atomic E-state index is 13.1. The van der Waals surface area contributed by atoms with Crippen molar-refractivity contribution in [3.63, 3.8) is 0 Å². The van der Waals surface area contributed by atoms with E-state index in [0.717, 1.165) is 19.3 Å². The molecular formula is C33H62N2O6. The molecular weight excluding hydrogens is 520 g/mol. The number of unbranched alkanes of at least 4 members (excludes halogenated alkanes) is 9. The minimum atomic E-state index is -0.961. The van der Waals surface area contributed by atoms with Crippen LogP contribution >= 0.6 is 0 Å². The summed E-state index contributed by atoms with van der Waals surface area (Å²) in [4.78, 5) is 37.8. The smallest absolute Gasteiger partial charge is 0.308 e. The Morgan fingerprint density at radius 2 is 1.41 bits per heavy atom. The summed E-state index contributed by atoms with van der Waals surface area (Å²) in [5.74, 6) is -2.92. The fraction of sp³-hybridized carbons (Fsp3) is 0.909. The molecule has 1 rings (SSSR count). The molecule has 3 unspecified atom stereocenters. The van der Waals surface area contributed by atoms with E-state index in [0.29, 0.717) is 26.0 Å². The Bertz CT molecular complexity index is 789. The number of nitrogens with one attached hydrogen (secondary N) is 2. The van der Waals surface area contributed by atoms with E-state index in [9.17, 15) is 19.5 Å². The van der Waals surface area contributed by atoms with E-state index in [1.54, 1.807) is 13.8 Å². The van der Waals surface area contributed by atoms with E-state index in [1.165, 1.54) is 51.4 Å². The second kappa shape index (κ2) is 18.1. The second-order valence-electron chi connectivity index (χ2n) is 14.3. The average Bonchev–Trinajstić information content (AvgIpc) is 2.87. The summed E-state index contributed by atoms with van der Waals surface area (Å²) < 4.78 is 11.5. The fourth-order valence-corrected chi connectivity index (χ4v) is 5.43. The van der Waals surface area contributed by atoms with Crippen LogP contribution in [0.1, 0.15) is 139 Å². The molecule has 0 bridgehead atoms.